The normalized spacial score (nSPS) is 12.0. The minimum atomic E-state index is 0.877. The summed E-state index contributed by atoms with van der Waals surface area (Å²) >= 11 is 3.74. The predicted molar refractivity (Wildman–Crippen MR) is 226 cm³/mol. The fraction of sp³-hybridized carbons (Fsp3) is 0.0417. The highest BCUT2D eigenvalue weighted by Gasteiger charge is 2.22. The van der Waals surface area contributed by atoms with Crippen LogP contribution in [0, 0.1) is 13.8 Å². The minimum absolute atomic E-state index is 0.877. The fourth-order valence-corrected chi connectivity index (χ4v) is 10.7. The summed E-state index contributed by atoms with van der Waals surface area (Å²) in [6.07, 6.45) is 2.01. The molecule has 0 atom stereocenters. The molecular formula is C48H30N2S2. The topological polar surface area (TPSA) is 25.8 Å². The predicted octanol–water partition coefficient (Wildman–Crippen LogP) is 14.3. The third-order valence-corrected chi connectivity index (χ3v) is 13.1. The van der Waals surface area contributed by atoms with E-state index in [4.69, 9.17) is 9.97 Å². The minimum Gasteiger partial charge on any atom is -0.252 e. The summed E-state index contributed by atoms with van der Waals surface area (Å²) in [6, 6.07) is 51.2. The Hall–Kier alpha value is -5.94. The number of aryl methyl sites for hydroxylation is 2. The van der Waals surface area contributed by atoms with E-state index in [0.29, 0.717) is 0 Å². The maximum atomic E-state index is 5.64. The van der Waals surface area contributed by atoms with Crippen LogP contribution >= 0.6 is 22.7 Å². The number of hydrogen-bond donors (Lipinski definition) is 0. The van der Waals surface area contributed by atoms with Crippen LogP contribution < -0.4 is 0 Å². The van der Waals surface area contributed by atoms with Gasteiger partial charge in [0.25, 0.3) is 0 Å². The van der Waals surface area contributed by atoms with Crippen molar-refractivity contribution in [3.05, 3.63) is 157 Å². The highest BCUT2D eigenvalue weighted by Crippen LogP contribution is 2.48. The van der Waals surface area contributed by atoms with E-state index < -0.39 is 0 Å². The zero-order chi connectivity index (χ0) is 34.5. The van der Waals surface area contributed by atoms with E-state index in [-0.39, 0.29) is 0 Å². The van der Waals surface area contributed by atoms with Gasteiger partial charge in [0.05, 0.1) is 22.9 Å². The van der Waals surface area contributed by atoms with Gasteiger partial charge in [0, 0.05) is 67.8 Å². The van der Waals surface area contributed by atoms with Gasteiger partial charge in [0.2, 0.25) is 0 Å². The van der Waals surface area contributed by atoms with Gasteiger partial charge in [-0.3, -0.25) is 4.98 Å². The number of fused-ring (bicyclic) bond motifs is 12. The number of thiophene rings is 2. The standard InChI is InChI=1S/C48H30N2S2/c1-27-20-22-33-39(24-27)40-25-28(2)21-23-34(40)46-45(33)49-26-41(50-46)44-31(37-16-8-14-35-29-10-3-5-18-42(29)51-47(35)37)12-7-13-32(44)38-17-9-15-36-30-11-4-6-19-43(30)52-48(36)38/h3-26H,1-2H3. The lowest BCUT2D eigenvalue weighted by Crippen LogP contribution is -1.97. The second kappa shape index (κ2) is 11.3. The Morgan fingerprint density at radius 1 is 0.404 bits per heavy atom. The Morgan fingerprint density at radius 2 is 0.885 bits per heavy atom. The maximum Gasteiger partial charge on any atom is 0.0979 e. The van der Waals surface area contributed by atoms with Gasteiger partial charge in [-0.1, -0.05) is 139 Å². The molecule has 0 amide bonds. The monoisotopic (exact) mass is 698 g/mol. The summed E-state index contributed by atoms with van der Waals surface area (Å²) in [4.78, 5) is 10.9. The molecule has 3 aromatic heterocycles. The van der Waals surface area contributed by atoms with Gasteiger partial charge < -0.3 is 0 Å². The Morgan fingerprint density at radius 3 is 1.46 bits per heavy atom. The van der Waals surface area contributed by atoms with Crippen LogP contribution in [0.4, 0.5) is 0 Å². The second-order valence-corrected chi connectivity index (χ2v) is 15.9. The van der Waals surface area contributed by atoms with Crippen LogP contribution in [0.1, 0.15) is 11.1 Å². The molecule has 8 aromatic carbocycles. The van der Waals surface area contributed by atoms with Crippen LogP contribution in [0.5, 0.6) is 0 Å². The second-order valence-electron chi connectivity index (χ2n) is 13.8. The molecule has 4 heteroatoms. The lowest BCUT2D eigenvalue weighted by molar-refractivity contribution is 1.31. The van der Waals surface area contributed by atoms with Crippen LogP contribution in [0.25, 0.3) is 106 Å². The smallest absolute Gasteiger partial charge is 0.0979 e. The molecule has 0 aliphatic rings. The van der Waals surface area contributed by atoms with Gasteiger partial charge >= 0.3 is 0 Å². The van der Waals surface area contributed by atoms with Crippen molar-refractivity contribution in [2.75, 3.05) is 0 Å². The van der Waals surface area contributed by atoms with E-state index in [0.717, 1.165) is 44.2 Å². The number of aromatic nitrogens is 2. The molecule has 0 fully saturated rings. The molecule has 0 saturated carbocycles. The largest absolute Gasteiger partial charge is 0.252 e. The first-order chi connectivity index (χ1) is 25.6. The Bertz CT molecular complexity index is 3140. The fourth-order valence-electron chi connectivity index (χ4n) is 8.27. The van der Waals surface area contributed by atoms with Crippen LogP contribution in [-0.2, 0) is 0 Å². The highest BCUT2D eigenvalue weighted by atomic mass is 32.1. The van der Waals surface area contributed by atoms with E-state index in [1.807, 2.05) is 28.9 Å². The molecule has 0 aliphatic carbocycles. The van der Waals surface area contributed by atoms with Crippen molar-refractivity contribution >= 4 is 95.6 Å². The summed E-state index contributed by atoms with van der Waals surface area (Å²) in [5.41, 5.74) is 11.1. The summed E-state index contributed by atoms with van der Waals surface area (Å²) in [5, 5.41) is 9.88. The van der Waals surface area contributed by atoms with Crippen molar-refractivity contribution in [1.29, 1.82) is 0 Å². The lowest BCUT2D eigenvalue weighted by Gasteiger charge is -2.18. The lowest BCUT2D eigenvalue weighted by atomic mass is 9.89. The Balaban J connectivity index is 1.27. The van der Waals surface area contributed by atoms with Crippen molar-refractivity contribution in [3.8, 4) is 33.5 Å². The molecule has 11 aromatic rings. The van der Waals surface area contributed by atoms with Gasteiger partial charge in [-0.15, -0.1) is 22.7 Å². The van der Waals surface area contributed by atoms with Crippen molar-refractivity contribution in [2.24, 2.45) is 0 Å². The van der Waals surface area contributed by atoms with Crippen LogP contribution in [0.2, 0.25) is 0 Å². The number of hydrogen-bond acceptors (Lipinski definition) is 4. The highest BCUT2D eigenvalue weighted by molar-refractivity contribution is 7.26. The Labute approximate surface area is 308 Å². The summed E-state index contributed by atoms with van der Waals surface area (Å²) < 4.78 is 5.18. The molecule has 0 radical (unpaired) electrons. The summed E-state index contributed by atoms with van der Waals surface area (Å²) in [7, 11) is 0. The zero-order valence-electron chi connectivity index (χ0n) is 28.6. The van der Waals surface area contributed by atoms with Crippen molar-refractivity contribution < 1.29 is 0 Å². The van der Waals surface area contributed by atoms with E-state index in [2.05, 4.69) is 153 Å². The molecule has 0 spiro atoms. The molecular weight excluding hydrogens is 669 g/mol. The van der Waals surface area contributed by atoms with Crippen LogP contribution in [0.3, 0.4) is 0 Å². The van der Waals surface area contributed by atoms with Crippen molar-refractivity contribution in [2.45, 2.75) is 13.8 Å². The number of benzene rings is 8. The zero-order valence-corrected chi connectivity index (χ0v) is 30.2. The quantitative estimate of drug-likeness (QED) is 0.172. The Kier molecular flexibility index (Phi) is 6.46. The van der Waals surface area contributed by atoms with Crippen LogP contribution in [0.15, 0.2) is 146 Å². The first kappa shape index (κ1) is 29.8. The van der Waals surface area contributed by atoms with Gasteiger partial charge in [0.15, 0.2) is 0 Å². The molecule has 52 heavy (non-hydrogen) atoms. The van der Waals surface area contributed by atoms with Crippen molar-refractivity contribution in [3.63, 3.8) is 0 Å². The number of rotatable bonds is 3. The molecule has 244 valence electrons. The molecule has 0 unspecified atom stereocenters. The molecule has 0 N–H and O–H groups in total. The van der Waals surface area contributed by atoms with E-state index in [1.54, 1.807) is 0 Å². The third-order valence-electron chi connectivity index (χ3n) is 10.6. The number of nitrogens with zero attached hydrogens (tertiary/aromatic N) is 2. The molecule has 0 bridgehead atoms. The first-order valence-electron chi connectivity index (χ1n) is 17.6. The summed E-state index contributed by atoms with van der Waals surface area (Å²) in [6.45, 7) is 4.33. The average Bonchev–Trinajstić information content (AvgIpc) is 3.76. The molecule has 11 rings (SSSR count). The van der Waals surface area contributed by atoms with E-state index in [9.17, 15) is 0 Å². The van der Waals surface area contributed by atoms with Gasteiger partial charge in [-0.05, 0) is 47.9 Å². The third kappa shape index (κ3) is 4.35. The van der Waals surface area contributed by atoms with Crippen molar-refractivity contribution in [1.82, 2.24) is 9.97 Å². The molecule has 2 nitrogen and oxygen atoms in total. The van der Waals surface area contributed by atoms with E-state index >= 15 is 0 Å². The molecule has 3 heterocycles. The van der Waals surface area contributed by atoms with Gasteiger partial charge in [-0.2, -0.15) is 0 Å². The molecule has 0 aliphatic heterocycles. The maximum absolute atomic E-state index is 5.64. The average molecular weight is 699 g/mol. The van der Waals surface area contributed by atoms with Crippen LogP contribution in [-0.4, -0.2) is 9.97 Å². The van der Waals surface area contributed by atoms with E-state index in [1.165, 1.54) is 73.4 Å². The van der Waals surface area contributed by atoms with Gasteiger partial charge in [0.1, 0.15) is 0 Å². The van der Waals surface area contributed by atoms with Gasteiger partial charge in [-0.25, -0.2) is 4.98 Å². The molecule has 0 saturated heterocycles. The summed E-state index contributed by atoms with van der Waals surface area (Å²) in [5.74, 6) is 0. The SMILES string of the molecule is Cc1ccc2c(c1)c1cc(C)ccc1c1nc(-c3c(-c4cccc5c4sc4ccccc45)cccc3-c3cccc4c3sc3ccccc34)cnc21. The first-order valence-corrected chi connectivity index (χ1v) is 19.3.